The number of aromatic nitrogens is 5. The molecule has 0 spiro atoms. The van der Waals surface area contributed by atoms with E-state index in [0.29, 0.717) is 5.95 Å². The number of para-hydroxylation sites is 3. The number of benzene rings is 9. The summed E-state index contributed by atoms with van der Waals surface area (Å²) in [6.07, 6.45) is 0. The van der Waals surface area contributed by atoms with Crippen molar-refractivity contribution in [1.82, 2.24) is 23.5 Å². The van der Waals surface area contributed by atoms with Crippen LogP contribution in [0.15, 0.2) is 176 Å². The van der Waals surface area contributed by atoms with E-state index in [9.17, 15) is 0 Å². The van der Waals surface area contributed by atoms with E-state index in [2.05, 4.69) is 189 Å². The standard InChI is InChI=1S/C54H29N5S/c1-2-15-32-28-45-38(27-31(32)14-1)40-29-39-34-17-5-9-21-41(34)59(51(39)48-36-19-7-10-22-42(36)57(45)50(40)48)54-55-49-37-20-8-12-24-46(37)60-52(49)53(56-54)58-43-23-11-6-18-35(43)47-33-16-4-3-13-30(33)25-26-44(47)58/h1-29H. The summed E-state index contributed by atoms with van der Waals surface area (Å²) in [6.45, 7) is 0. The quantitative estimate of drug-likeness (QED) is 0.175. The predicted molar refractivity (Wildman–Crippen MR) is 253 cm³/mol. The fraction of sp³-hybridized carbons (Fsp3) is 0. The van der Waals surface area contributed by atoms with Crippen molar-refractivity contribution in [3.63, 3.8) is 0 Å². The summed E-state index contributed by atoms with van der Waals surface area (Å²) in [4.78, 5) is 11.4. The molecule has 0 fully saturated rings. The van der Waals surface area contributed by atoms with Crippen LogP contribution in [0.4, 0.5) is 0 Å². The SMILES string of the molecule is c1ccc2cc3c(cc2c1)c1cc2c4ccccc4n(-c4nc(-n5c6ccccc6c6c7ccccc7ccc65)c5sc6ccccc6c5n4)c2c2c4ccccc4n3c12. The smallest absolute Gasteiger partial charge is 0.237 e. The topological polar surface area (TPSA) is 40.0 Å². The Morgan fingerprint density at radius 3 is 1.80 bits per heavy atom. The van der Waals surface area contributed by atoms with E-state index in [1.165, 1.54) is 85.9 Å². The van der Waals surface area contributed by atoms with Gasteiger partial charge in [0.15, 0.2) is 5.82 Å². The maximum Gasteiger partial charge on any atom is 0.237 e. The van der Waals surface area contributed by atoms with Crippen molar-refractivity contribution in [2.75, 3.05) is 0 Å². The lowest BCUT2D eigenvalue weighted by Gasteiger charge is -2.13. The van der Waals surface area contributed by atoms with Crippen molar-refractivity contribution in [2.24, 2.45) is 0 Å². The van der Waals surface area contributed by atoms with Crippen molar-refractivity contribution < 1.29 is 0 Å². The Balaban J connectivity index is 1.16. The van der Waals surface area contributed by atoms with Crippen molar-refractivity contribution in [3.05, 3.63) is 176 Å². The molecular formula is C54H29N5S. The van der Waals surface area contributed by atoms with E-state index in [4.69, 9.17) is 9.97 Å². The van der Waals surface area contributed by atoms with Gasteiger partial charge in [-0.1, -0.05) is 127 Å². The van der Waals surface area contributed by atoms with Crippen LogP contribution in [0.25, 0.3) is 135 Å². The highest BCUT2D eigenvalue weighted by Gasteiger charge is 2.27. The van der Waals surface area contributed by atoms with Gasteiger partial charge >= 0.3 is 0 Å². The van der Waals surface area contributed by atoms with Gasteiger partial charge in [0.1, 0.15) is 0 Å². The molecule has 0 aliphatic heterocycles. The second-order valence-corrected chi connectivity index (χ2v) is 17.2. The zero-order chi connectivity index (χ0) is 38.8. The number of hydrogen-bond donors (Lipinski definition) is 0. The molecule has 0 radical (unpaired) electrons. The van der Waals surface area contributed by atoms with Crippen LogP contribution in [0.5, 0.6) is 0 Å². The molecule has 15 rings (SSSR count). The Morgan fingerprint density at radius 2 is 0.983 bits per heavy atom. The Hall–Kier alpha value is -7.80. The van der Waals surface area contributed by atoms with Gasteiger partial charge in [-0.3, -0.25) is 9.13 Å². The highest BCUT2D eigenvalue weighted by atomic mass is 32.1. The third kappa shape index (κ3) is 3.78. The van der Waals surface area contributed by atoms with E-state index in [-0.39, 0.29) is 0 Å². The van der Waals surface area contributed by atoms with Gasteiger partial charge in [-0.15, -0.1) is 11.3 Å². The highest BCUT2D eigenvalue weighted by Crippen LogP contribution is 2.48. The maximum absolute atomic E-state index is 5.79. The molecule has 15 aromatic rings. The van der Waals surface area contributed by atoms with Crippen LogP contribution in [0.1, 0.15) is 0 Å². The average molecular weight is 780 g/mol. The molecule has 5 nitrogen and oxygen atoms in total. The van der Waals surface area contributed by atoms with E-state index in [1.54, 1.807) is 11.3 Å². The monoisotopic (exact) mass is 779 g/mol. The summed E-state index contributed by atoms with van der Waals surface area (Å²) in [5.74, 6) is 1.55. The third-order valence-electron chi connectivity index (χ3n) is 13.1. The number of hydrogen-bond acceptors (Lipinski definition) is 3. The van der Waals surface area contributed by atoms with Crippen LogP contribution in [-0.2, 0) is 0 Å². The van der Waals surface area contributed by atoms with Gasteiger partial charge in [0, 0.05) is 53.2 Å². The van der Waals surface area contributed by atoms with Crippen LogP contribution < -0.4 is 0 Å². The molecule has 0 N–H and O–H groups in total. The fourth-order valence-corrected chi connectivity index (χ4v) is 11.8. The van der Waals surface area contributed by atoms with E-state index < -0.39 is 0 Å². The predicted octanol–water partition coefficient (Wildman–Crippen LogP) is 14.5. The molecule has 9 aromatic carbocycles. The molecule has 0 amide bonds. The van der Waals surface area contributed by atoms with Crippen LogP contribution in [0.3, 0.4) is 0 Å². The van der Waals surface area contributed by atoms with Gasteiger partial charge in [-0.05, 0) is 70.1 Å². The van der Waals surface area contributed by atoms with Gasteiger partial charge in [0.2, 0.25) is 5.95 Å². The molecule has 0 atom stereocenters. The van der Waals surface area contributed by atoms with Gasteiger partial charge in [-0.25, -0.2) is 4.98 Å². The zero-order valence-corrected chi connectivity index (χ0v) is 32.7. The molecule has 0 saturated heterocycles. The van der Waals surface area contributed by atoms with E-state index >= 15 is 0 Å². The molecule has 0 aliphatic carbocycles. The van der Waals surface area contributed by atoms with Gasteiger partial charge in [0.05, 0.1) is 48.8 Å². The first-order valence-electron chi connectivity index (χ1n) is 20.4. The minimum Gasteiger partial charge on any atom is -0.308 e. The molecule has 0 aliphatic rings. The molecule has 0 unspecified atom stereocenters. The molecule has 0 bridgehead atoms. The van der Waals surface area contributed by atoms with Crippen LogP contribution >= 0.6 is 11.3 Å². The summed E-state index contributed by atoms with van der Waals surface area (Å²) in [7, 11) is 0. The molecule has 0 saturated carbocycles. The normalized spacial score (nSPS) is 12.7. The molecule has 6 heterocycles. The second kappa shape index (κ2) is 11.0. The maximum atomic E-state index is 5.79. The first kappa shape index (κ1) is 31.2. The number of fused-ring (bicyclic) bond motifs is 19. The van der Waals surface area contributed by atoms with Crippen molar-refractivity contribution in [2.45, 2.75) is 0 Å². The van der Waals surface area contributed by atoms with Gasteiger partial charge < -0.3 is 4.40 Å². The molecule has 6 aromatic heterocycles. The lowest BCUT2D eigenvalue weighted by Crippen LogP contribution is -2.06. The summed E-state index contributed by atoms with van der Waals surface area (Å²) >= 11 is 1.77. The Kier molecular flexibility index (Phi) is 5.74. The summed E-state index contributed by atoms with van der Waals surface area (Å²) in [5.41, 5.74) is 9.09. The molecule has 6 heteroatoms. The lowest BCUT2D eigenvalue weighted by molar-refractivity contribution is 0.978. The van der Waals surface area contributed by atoms with Crippen molar-refractivity contribution in [1.29, 1.82) is 0 Å². The second-order valence-electron chi connectivity index (χ2n) is 16.1. The largest absolute Gasteiger partial charge is 0.308 e. The summed E-state index contributed by atoms with van der Waals surface area (Å²) in [6, 6.07) is 64.3. The lowest BCUT2D eigenvalue weighted by atomic mass is 10.0. The highest BCUT2D eigenvalue weighted by molar-refractivity contribution is 7.26. The fourth-order valence-electron chi connectivity index (χ4n) is 10.7. The van der Waals surface area contributed by atoms with Crippen LogP contribution in [0, 0.1) is 0 Å². The molecule has 276 valence electrons. The first-order chi connectivity index (χ1) is 29.8. The van der Waals surface area contributed by atoms with Gasteiger partial charge in [-0.2, -0.15) is 4.98 Å². The summed E-state index contributed by atoms with van der Waals surface area (Å²) < 4.78 is 9.51. The van der Waals surface area contributed by atoms with E-state index in [0.717, 1.165) is 43.5 Å². The molecule has 60 heavy (non-hydrogen) atoms. The summed E-state index contributed by atoms with van der Waals surface area (Å²) in [5, 5.41) is 15.9. The number of thiophene rings is 1. The number of rotatable bonds is 2. The zero-order valence-electron chi connectivity index (χ0n) is 31.9. The van der Waals surface area contributed by atoms with Gasteiger partial charge in [0.25, 0.3) is 0 Å². The Bertz CT molecular complexity index is 4370. The first-order valence-corrected chi connectivity index (χ1v) is 21.2. The van der Waals surface area contributed by atoms with E-state index in [1.807, 2.05) is 0 Å². The minimum absolute atomic E-state index is 0.660. The Labute approximate surface area is 344 Å². The Morgan fingerprint density at radius 1 is 0.367 bits per heavy atom. The van der Waals surface area contributed by atoms with Crippen molar-refractivity contribution >= 4 is 135 Å². The average Bonchev–Trinajstić information content (AvgIpc) is 4.10. The minimum atomic E-state index is 0.660. The van der Waals surface area contributed by atoms with Crippen LogP contribution in [0.2, 0.25) is 0 Å². The van der Waals surface area contributed by atoms with Crippen LogP contribution in [-0.4, -0.2) is 23.5 Å². The number of nitrogens with zero attached hydrogens (tertiary/aromatic N) is 5. The van der Waals surface area contributed by atoms with Crippen molar-refractivity contribution in [3.8, 4) is 11.8 Å². The third-order valence-corrected chi connectivity index (χ3v) is 14.3. The molecular weight excluding hydrogens is 751 g/mol.